The predicted molar refractivity (Wildman–Crippen MR) is 112 cm³/mol. The Kier molecular flexibility index (Phi) is 6.42. The molecule has 7 heteroatoms. The first kappa shape index (κ1) is 19.9. The van der Waals surface area contributed by atoms with Crippen molar-refractivity contribution >= 4 is 28.9 Å². The summed E-state index contributed by atoms with van der Waals surface area (Å²) in [5, 5.41) is 8.81. The van der Waals surface area contributed by atoms with E-state index >= 15 is 0 Å². The van der Waals surface area contributed by atoms with Crippen molar-refractivity contribution in [2.75, 3.05) is 17.7 Å². The van der Waals surface area contributed by atoms with Crippen LogP contribution in [0.3, 0.4) is 0 Å². The van der Waals surface area contributed by atoms with Crippen LogP contribution >= 0.6 is 0 Å². The van der Waals surface area contributed by atoms with E-state index in [0.29, 0.717) is 23.6 Å². The molecule has 0 radical (unpaired) electrons. The van der Waals surface area contributed by atoms with Gasteiger partial charge in [0, 0.05) is 42.3 Å². The third-order valence-electron chi connectivity index (χ3n) is 4.10. The van der Waals surface area contributed by atoms with Gasteiger partial charge in [-0.2, -0.15) is 0 Å². The molecule has 0 aliphatic heterocycles. The molecule has 0 saturated carbocycles. The average molecular weight is 390 g/mol. The minimum Gasteiger partial charge on any atom is -0.496 e. The van der Waals surface area contributed by atoms with Crippen LogP contribution in [0.4, 0.5) is 17.1 Å². The number of para-hydroxylation sites is 1. The zero-order valence-corrected chi connectivity index (χ0v) is 16.2. The van der Waals surface area contributed by atoms with Crippen molar-refractivity contribution in [1.82, 2.24) is 10.3 Å². The van der Waals surface area contributed by atoms with Crippen LogP contribution in [-0.4, -0.2) is 23.9 Å². The van der Waals surface area contributed by atoms with Gasteiger partial charge in [-0.1, -0.05) is 24.3 Å². The van der Waals surface area contributed by atoms with Gasteiger partial charge in [-0.25, -0.2) is 0 Å². The molecule has 1 heterocycles. The lowest BCUT2D eigenvalue weighted by Crippen LogP contribution is -2.24. The molecule has 3 N–H and O–H groups in total. The molecular weight excluding hydrogens is 368 g/mol. The summed E-state index contributed by atoms with van der Waals surface area (Å²) in [5.41, 5.74) is 3.35. The van der Waals surface area contributed by atoms with Gasteiger partial charge >= 0.3 is 0 Å². The highest BCUT2D eigenvalue weighted by atomic mass is 16.5. The first-order chi connectivity index (χ1) is 14.0. The van der Waals surface area contributed by atoms with Crippen molar-refractivity contribution in [1.29, 1.82) is 0 Å². The zero-order chi connectivity index (χ0) is 20.6. The van der Waals surface area contributed by atoms with Gasteiger partial charge in [0.15, 0.2) is 0 Å². The van der Waals surface area contributed by atoms with E-state index in [9.17, 15) is 9.59 Å². The molecule has 3 aromatic rings. The molecule has 1 aromatic heterocycles. The summed E-state index contributed by atoms with van der Waals surface area (Å²) < 4.78 is 5.30. The number of carbonyl (C=O) groups is 2. The van der Waals surface area contributed by atoms with E-state index in [1.165, 1.54) is 6.92 Å². The van der Waals surface area contributed by atoms with Gasteiger partial charge in [0.2, 0.25) is 5.91 Å². The summed E-state index contributed by atoms with van der Waals surface area (Å²) in [7, 11) is 1.60. The van der Waals surface area contributed by atoms with Crippen molar-refractivity contribution in [3.8, 4) is 5.75 Å². The number of rotatable bonds is 7. The van der Waals surface area contributed by atoms with E-state index in [1.54, 1.807) is 31.5 Å². The minimum atomic E-state index is -0.286. The number of hydrogen-bond donors (Lipinski definition) is 3. The lowest BCUT2D eigenvalue weighted by Gasteiger charge is -2.11. The van der Waals surface area contributed by atoms with Crippen molar-refractivity contribution in [3.05, 3.63) is 78.1 Å². The van der Waals surface area contributed by atoms with Crippen LogP contribution in [0.2, 0.25) is 0 Å². The largest absolute Gasteiger partial charge is 0.496 e. The number of benzene rings is 2. The monoisotopic (exact) mass is 390 g/mol. The minimum absolute atomic E-state index is 0.139. The van der Waals surface area contributed by atoms with E-state index in [-0.39, 0.29) is 11.8 Å². The van der Waals surface area contributed by atoms with Crippen LogP contribution in [0.1, 0.15) is 23.0 Å². The van der Waals surface area contributed by atoms with Crippen LogP contribution in [0.15, 0.2) is 66.9 Å². The molecular formula is C22H22N4O3. The Bertz CT molecular complexity index is 1020. The number of anilines is 3. The number of nitrogens with zero attached hydrogens (tertiary/aromatic N) is 1. The average Bonchev–Trinajstić information content (AvgIpc) is 2.72. The van der Waals surface area contributed by atoms with Crippen LogP contribution in [0.25, 0.3) is 0 Å². The van der Waals surface area contributed by atoms with E-state index in [1.807, 2.05) is 42.5 Å². The molecule has 0 unspecified atom stereocenters. The second kappa shape index (κ2) is 9.36. The lowest BCUT2D eigenvalue weighted by molar-refractivity contribution is -0.114. The molecule has 2 aromatic carbocycles. The summed E-state index contributed by atoms with van der Waals surface area (Å²) in [6.07, 6.45) is 1.57. The van der Waals surface area contributed by atoms with Crippen LogP contribution in [0.5, 0.6) is 5.75 Å². The number of nitrogens with one attached hydrogen (secondary N) is 3. The maximum absolute atomic E-state index is 12.5. The van der Waals surface area contributed by atoms with Crippen molar-refractivity contribution in [3.63, 3.8) is 0 Å². The van der Waals surface area contributed by atoms with Gasteiger partial charge in [-0.15, -0.1) is 0 Å². The second-order valence-corrected chi connectivity index (χ2v) is 6.31. The molecule has 3 rings (SSSR count). The van der Waals surface area contributed by atoms with E-state index < -0.39 is 0 Å². The van der Waals surface area contributed by atoms with Gasteiger partial charge in [-0.3, -0.25) is 14.6 Å². The highest BCUT2D eigenvalue weighted by Gasteiger charge is 2.10. The maximum Gasteiger partial charge on any atom is 0.270 e. The number of hydrogen-bond acceptors (Lipinski definition) is 5. The standard InChI is InChI=1S/C22H22N4O3/c1-15(27)25-17-7-5-8-18(12-17)26-19-10-11-23-20(13-19)22(28)24-14-16-6-3-4-9-21(16)29-2/h3-13H,14H2,1-2H3,(H,23,26)(H,24,28)(H,25,27). The first-order valence-corrected chi connectivity index (χ1v) is 9.06. The van der Waals surface area contributed by atoms with Gasteiger partial charge in [0.05, 0.1) is 7.11 Å². The molecule has 0 saturated heterocycles. The fourth-order valence-corrected chi connectivity index (χ4v) is 2.79. The van der Waals surface area contributed by atoms with Crippen molar-refractivity contribution in [2.45, 2.75) is 13.5 Å². The van der Waals surface area contributed by atoms with Gasteiger partial charge in [-0.05, 0) is 36.4 Å². The summed E-state index contributed by atoms with van der Waals surface area (Å²) in [6.45, 7) is 1.79. The van der Waals surface area contributed by atoms with Crippen LogP contribution in [0, 0.1) is 0 Å². The number of ether oxygens (including phenoxy) is 1. The van der Waals surface area contributed by atoms with Gasteiger partial charge < -0.3 is 20.7 Å². The third kappa shape index (κ3) is 5.55. The molecule has 0 bridgehead atoms. The highest BCUT2D eigenvalue weighted by Crippen LogP contribution is 2.21. The molecule has 7 nitrogen and oxygen atoms in total. The van der Waals surface area contributed by atoms with Crippen LogP contribution in [-0.2, 0) is 11.3 Å². The second-order valence-electron chi connectivity index (χ2n) is 6.31. The Balaban J connectivity index is 1.67. The SMILES string of the molecule is COc1ccccc1CNC(=O)c1cc(Nc2cccc(NC(C)=O)c2)ccn1. The van der Waals surface area contributed by atoms with Crippen molar-refractivity contribution in [2.24, 2.45) is 0 Å². The zero-order valence-electron chi connectivity index (χ0n) is 16.2. The summed E-state index contributed by atoms with van der Waals surface area (Å²) in [5.74, 6) is 0.293. The molecule has 0 fully saturated rings. The fraction of sp³-hybridized carbons (Fsp3) is 0.136. The quantitative estimate of drug-likeness (QED) is 0.572. The summed E-state index contributed by atoms with van der Waals surface area (Å²) >= 11 is 0. The molecule has 0 spiro atoms. The van der Waals surface area contributed by atoms with E-state index in [4.69, 9.17) is 4.74 Å². The smallest absolute Gasteiger partial charge is 0.270 e. The normalized spacial score (nSPS) is 10.1. The highest BCUT2D eigenvalue weighted by molar-refractivity contribution is 5.93. The third-order valence-corrected chi connectivity index (χ3v) is 4.10. The number of methoxy groups -OCH3 is 1. The number of carbonyl (C=O) groups excluding carboxylic acids is 2. The molecule has 0 aliphatic rings. The van der Waals surface area contributed by atoms with Crippen LogP contribution < -0.4 is 20.7 Å². The van der Waals surface area contributed by atoms with E-state index in [2.05, 4.69) is 20.9 Å². The lowest BCUT2D eigenvalue weighted by atomic mass is 10.2. The molecule has 2 amide bonds. The number of amides is 2. The Morgan fingerprint density at radius 1 is 0.966 bits per heavy atom. The first-order valence-electron chi connectivity index (χ1n) is 9.06. The van der Waals surface area contributed by atoms with Gasteiger partial charge in [0.1, 0.15) is 11.4 Å². The summed E-state index contributed by atoms with van der Waals surface area (Å²) in [4.78, 5) is 27.9. The Morgan fingerprint density at radius 3 is 2.52 bits per heavy atom. The molecule has 0 atom stereocenters. The fourth-order valence-electron chi connectivity index (χ4n) is 2.79. The Hall–Kier alpha value is -3.87. The number of aromatic nitrogens is 1. The Morgan fingerprint density at radius 2 is 1.72 bits per heavy atom. The molecule has 29 heavy (non-hydrogen) atoms. The predicted octanol–water partition coefficient (Wildman–Crippen LogP) is 3.72. The maximum atomic E-state index is 12.5. The summed E-state index contributed by atoms with van der Waals surface area (Å²) in [6, 6.07) is 18.3. The topological polar surface area (TPSA) is 92.4 Å². The van der Waals surface area contributed by atoms with Gasteiger partial charge in [0.25, 0.3) is 5.91 Å². The Labute approximate surface area is 169 Å². The molecule has 148 valence electrons. The van der Waals surface area contributed by atoms with E-state index in [0.717, 1.165) is 17.0 Å². The molecule has 0 aliphatic carbocycles. The number of pyridine rings is 1. The van der Waals surface area contributed by atoms with Crippen molar-refractivity contribution < 1.29 is 14.3 Å².